The zero-order valence-corrected chi connectivity index (χ0v) is 12.4. The molecule has 106 valence electrons. The van der Waals surface area contributed by atoms with Crippen LogP contribution in [0.5, 0.6) is 17.2 Å². The van der Waals surface area contributed by atoms with Crippen molar-refractivity contribution < 1.29 is 14.6 Å². The number of ether oxygens (including phenoxy) is 2. The molecule has 6 heteroatoms. The molecule has 1 heterocycles. The zero-order chi connectivity index (χ0) is 14.4. The Bertz CT molecular complexity index is 539. The van der Waals surface area contributed by atoms with Crippen LogP contribution in [0.3, 0.4) is 0 Å². The molecular formula is C14H17N2O3P. The number of rotatable bonds is 6. The number of nitrogens with zero attached hydrogens (tertiary/aromatic N) is 1. The van der Waals surface area contributed by atoms with E-state index in [-0.39, 0.29) is 5.75 Å². The van der Waals surface area contributed by atoms with Crippen LogP contribution in [0.4, 0.5) is 5.69 Å². The summed E-state index contributed by atoms with van der Waals surface area (Å²) in [5.41, 5.74) is 1.03. The lowest BCUT2D eigenvalue weighted by molar-refractivity contribution is 0.340. The molecule has 0 spiro atoms. The van der Waals surface area contributed by atoms with Crippen molar-refractivity contribution in [1.29, 1.82) is 0 Å². The van der Waals surface area contributed by atoms with Gasteiger partial charge in [-0.2, -0.15) is 0 Å². The molecule has 1 atom stereocenters. The van der Waals surface area contributed by atoms with Gasteiger partial charge in [0.25, 0.3) is 0 Å². The van der Waals surface area contributed by atoms with E-state index in [2.05, 4.69) is 10.3 Å². The number of anilines is 1. The lowest BCUT2D eigenvalue weighted by atomic mass is 10.3. The van der Waals surface area contributed by atoms with E-state index in [1.807, 2.05) is 24.3 Å². The molecule has 0 saturated heterocycles. The SMILES string of the molecule is COc1cc(PCNc2ccncc2)cc(OC)c1O. The molecule has 0 amide bonds. The summed E-state index contributed by atoms with van der Waals surface area (Å²) in [4.78, 5) is 3.97. The average Bonchev–Trinajstić information content (AvgIpc) is 2.49. The number of benzene rings is 1. The fraction of sp³-hybridized carbons (Fsp3) is 0.214. The third kappa shape index (κ3) is 3.52. The minimum atomic E-state index is 0.0330. The third-order valence-electron chi connectivity index (χ3n) is 2.75. The normalized spacial score (nSPS) is 10.7. The van der Waals surface area contributed by atoms with E-state index < -0.39 is 0 Å². The number of aromatic nitrogens is 1. The zero-order valence-electron chi connectivity index (χ0n) is 11.4. The second-order valence-corrected chi connectivity index (χ2v) is 5.28. The van der Waals surface area contributed by atoms with E-state index in [0.717, 1.165) is 17.3 Å². The number of hydrogen-bond acceptors (Lipinski definition) is 5. The molecular weight excluding hydrogens is 275 g/mol. The van der Waals surface area contributed by atoms with E-state index >= 15 is 0 Å². The van der Waals surface area contributed by atoms with Crippen molar-refractivity contribution in [2.75, 3.05) is 25.8 Å². The summed E-state index contributed by atoms with van der Waals surface area (Å²) >= 11 is 0. The summed E-state index contributed by atoms with van der Waals surface area (Å²) in [7, 11) is 3.57. The Balaban J connectivity index is 2.02. The Morgan fingerprint density at radius 3 is 2.30 bits per heavy atom. The van der Waals surface area contributed by atoms with Crippen LogP contribution in [-0.2, 0) is 0 Å². The van der Waals surface area contributed by atoms with Crippen LogP contribution in [0.25, 0.3) is 0 Å². The number of phenolic OH excluding ortho intramolecular Hbond substituents is 1. The van der Waals surface area contributed by atoms with Gasteiger partial charge >= 0.3 is 0 Å². The molecule has 5 nitrogen and oxygen atoms in total. The molecule has 1 unspecified atom stereocenters. The van der Waals surface area contributed by atoms with E-state index in [9.17, 15) is 5.11 Å². The van der Waals surface area contributed by atoms with Crippen LogP contribution < -0.4 is 20.1 Å². The van der Waals surface area contributed by atoms with Crippen molar-refractivity contribution in [3.05, 3.63) is 36.7 Å². The van der Waals surface area contributed by atoms with Crippen LogP contribution in [0.15, 0.2) is 36.7 Å². The number of nitrogens with one attached hydrogen (secondary N) is 1. The first-order chi connectivity index (χ1) is 9.74. The molecule has 2 aromatic rings. The lowest BCUT2D eigenvalue weighted by Crippen LogP contribution is -2.04. The highest BCUT2D eigenvalue weighted by atomic mass is 31.1. The summed E-state index contributed by atoms with van der Waals surface area (Å²) in [5.74, 6) is 0.886. The number of aromatic hydroxyl groups is 1. The summed E-state index contributed by atoms with van der Waals surface area (Å²) in [6, 6.07) is 7.49. The Morgan fingerprint density at radius 1 is 1.15 bits per heavy atom. The van der Waals surface area contributed by atoms with Crippen molar-refractivity contribution in [2.24, 2.45) is 0 Å². The minimum absolute atomic E-state index is 0.0330. The first-order valence-electron chi connectivity index (χ1n) is 6.07. The van der Waals surface area contributed by atoms with E-state index in [1.54, 1.807) is 12.4 Å². The van der Waals surface area contributed by atoms with Gasteiger partial charge < -0.3 is 19.9 Å². The van der Waals surface area contributed by atoms with Gasteiger partial charge in [0.05, 0.1) is 14.2 Å². The van der Waals surface area contributed by atoms with Crippen LogP contribution >= 0.6 is 8.58 Å². The van der Waals surface area contributed by atoms with Crippen molar-refractivity contribution in [1.82, 2.24) is 4.98 Å². The first-order valence-corrected chi connectivity index (χ1v) is 7.28. The number of pyridine rings is 1. The maximum atomic E-state index is 9.85. The van der Waals surface area contributed by atoms with E-state index in [4.69, 9.17) is 9.47 Å². The van der Waals surface area contributed by atoms with Gasteiger partial charge in [-0.1, -0.05) is 8.58 Å². The van der Waals surface area contributed by atoms with Gasteiger partial charge in [0, 0.05) is 24.4 Å². The van der Waals surface area contributed by atoms with Crippen molar-refractivity contribution in [3.8, 4) is 17.2 Å². The van der Waals surface area contributed by atoms with Gasteiger partial charge in [0.15, 0.2) is 11.5 Å². The topological polar surface area (TPSA) is 63.6 Å². The fourth-order valence-electron chi connectivity index (χ4n) is 1.71. The van der Waals surface area contributed by atoms with Crippen LogP contribution in [0.1, 0.15) is 0 Å². The van der Waals surface area contributed by atoms with Gasteiger partial charge in [0.1, 0.15) is 0 Å². The predicted molar refractivity (Wildman–Crippen MR) is 81.9 cm³/mol. The monoisotopic (exact) mass is 292 g/mol. The molecule has 1 aromatic carbocycles. The fourth-order valence-corrected chi connectivity index (χ4v) is 2.68. The molecule has 0 saturated carbocycles. The lowest BCUT2D eigenvalue weighted by Gasteiger charge is -2.12. The van der Waals surface area contributed by atoms with Crippen LogP contribution in [0.2, 0.25) is 0 Å². The maximum Gasteiger partial charge on any atom is 0.200 e. The van der Waals surface area contributed by atoms with E-state index in [1.165, 1.54) is 14.2 Å². The van der Waals surface area contributed by atoms with Gasteiger partial charge in [-0.25, -0.2) is 0 Å². The second-order valence-electron chi connectivity index (χ2n) is 4.00. The predicted octanol–water partition coefficient (Wildman–Crippen LogP) is 2.18. The standard InChI is InChI=1S/C14H17N2O3P/c1-18-12-7-11(8-13(19-2)14(12)17)20-9-16-10-3-5-15-6-4-10/h3-8,17,20H,9H2,1-2H3,(H,15,16). The minimum Gasteiger partial charge on any atom is -0.502 e. The quantitative estimate of drug-likeness (QED) is 0.799. The van der Waals surface area contributed by atoms with Crippen LogP contribution in [-0.4, -0.2) is 30.6 Å². The first kappa shape index (κ1) is 14.4. The number of methoxy groups -OCH3 is 2. The number of phenols is 1. The van der Waals surface area contributed by atoms with Crippen molar-refractivity contribution in [3.63, 3.8) is 0 Å². The largest absolute Gasteiger partial charge is 0.502 e. The molecule has 0 aliphatic heterocycles. The molecule has 0 radical (unpaired) electrons. The van der Waals surface area contributed by atoms with Gasteiger partial charge in [-0.3, -0.25) is 4.98 Å². The molecule has 0 bridgehead atoms. The van der Waals surface area contributed by atoms with Gasteiger partial charge in [-0.05, 0) is 29.6 Å². The summed E-state index contributed by atoms with van der Waals surface area (Å²) < 4.78 is 10.3. The summed E-state index contributed by atoms with van der Waals surface area (Å²) in [6.45, 7) is 0. The highest BCUT2D eigenvalue weighted by Gasteiger charge is 2.10. The molecule has 2 N–H and O–H groups in total. The van der Waals surface area contributed by atoms with Crippen LogP contribution in [0, 0.1) is 0 Å². The Hall–Kier alpha value is -2.00. The number of hydrogen-bond donors (Lipinski definition) is 2. The summed E-state index contributed by atoms with van der Waals surface area (Å²) in [5, 5.41) is 14.2. The third-order valence-corrected chi connectivity index (χ3v) is 3.80. The van der Waals surface area contributed by atoms with Gasteiger partial charge in [0.2, 0.25) is 5.75 Å². The Morgan fingerprint density at radius 2 is 1.75 bits per heavy atom. The summed E-state index contributed by atoms with van der Waals surface area (Å²) in [6.07, 6.45) is 4.29. The molecule has 0 aliphatic rings. The maximum absolute atomic E-state index is 9.85. The Kier molecular flexibility index (Phi) is 5.02. The van der Waals surface area contributed by atoms with Crippen molar-refractivity contribution in [2.45, 2.75) is 0 Å². The highest BCUT2D eigenvalue weighted by molar-refractivity contribution is 7.47. The molecule has 0 fully saturated rings. The Labute approximate surface area is 119 Å². The molecule has 2 rings (SSSR count). The second kappa shape index (κ2) is 6.96. The molecule has 0 aliphatic carbocycles. The molecule has 1 aromatic heterocycles. The van der Waals surface area contributed by atoms with Crippen molar-refractivity contribution >= 4 is 19.6 Å². The van der Waals surface area contributed by atoms with Gasteiger partial charge in [-0.15, -0.1) is 0 Å². The average molecular weight is 292 g/mol. The molecule has 20 heavy (non-hydrogen) atoms. The van der Waals surface area contributed by atoms with E-state index in [0.29, 0.717) is 20.1 Å². The smallest absolute Gasteiger partial charge is 0.200 e. The highest BCUT2D eigenvalue weighted by Crippen LogP contribution is 2.36.